The van der Waals surface area contributed by atoms with Gasteiger partial charge in [0.1, 0.15) is 12.1 Å². The fourth-order valence-corrected chi connectivity index (χ4v) is 6.19. The van der Waals surface area contributed by atoms with E-state index in [1.807, 2.05) is 65.0 Å². The van der Waals surface area contributed by atoms with Gasteiger partial charge in [-0.3, -0.25) is 4.79 Å². The van der Waals surface area contributed by atoms with Crippen LogP contribution in [0.2, 0.25) is 0 Å². The van der Waals surface area contributed by atoms with Gasteiger partial charge < -0.3 is 9.40 Å². The van der Waals surface area contributed by atoms with Crippen LogP contribution in [0.15, 0.2) is 59.6 Å². The van der Waals surface area contributed by atoms with E-state index in [0.717, 1.165) is 33.4 Å². The summed E-state index contributed by atoms with van der Waals surface area (Å²) in [5.74, 6) is -0.745. The molecule has 43 heavy (non-hydrogen) atoms. The van der Waals surface area contributed by atoms with E-state index in [1.54, 1.807) is 25.5 Å². The summed E-state index contributed by atoms with van der Waals surface area (Å²) >= 11 is 0. The third-order valence-corrected chi connectivity index (χ3v) is 8.02. The number of nitrogens with zero attached hydrogens (tertiary/aromatic N) is 2. The van der Waals surface area contributed by atoms with Crippen LogP contribution in [0.4, 0.5) is 13.2 Å². The maximum atomic E-state index is 14.6. The van der Waals surface area contributed by atoms with Crippen molar-refractivity contribution in [2.75, 3.05) is 0 Å². The standard InChI is InChI=1S/C35H34F3N3O2/c1-7-22-14-21(6)29(27-20(5)16-26(18-24(27)9-3)34-41-12-13-43-34)31(32(42)35(36,37)38)30(22)28-19(4)15-25(17-23(28)8-2)33-39-10-11-40-33/h10-18H,7-9H2,1-6H3,(H,39,40). The van der Waals surface area contributed by atoms with Gasteiger partial charge in [-0.15, -0.1) is 0 Å². The van der Waals surface area contributed by atoms with Crippen molar-refractivity contribution in [1.29, 1.82) is 0 Å². The van der Waals surface area contributed by atoms with Crippen LogP contribution in [-0.4, -0.2) is 26.9 Å². The summed E-state index contributed by atoms with van der Waals surface area (Å²) in [5.41, 5.74) is 7.73. The maximum absolute atomic E-state index is 14.6. The van der Waals surface area contributed by atoms with Crippen molar-refractivity contribution in [2.24, 2.45) is 0 Å². The number of oxazole rings is 1. The molecular formula is C35H34F3N3O2. The van der Waals surface area contributed by atoms with Crippen molar-refractivity contribution in [3.63, 3.8) is 0 Å². The number of imidazole rings is 1. The first-order valence-corrected chi connectivity index (χ1v) is 14.4. The van der Waals surface area contributed by atoms with Gasteiger partial charge in [0.25, 0.3) is 5.78 Å². The number of halogens is 3. The van der Waals surface area contributed by atoms with Gasteiger partial charge in [-0.2, -0.15) is 13.2 Å². The summed E-state index contributed by atoms with van der Waals surface area (Å²) in [5, 5.41) is 0. The lowest BCUT2D eigenvalue weighted by molar-refractivity contribution is -0.0884. The molecule has 0 radical (unpaired) electrons. The summed E-state index contributed by atoms with van der Waals surface area (Å²) < 4.78 is 49.2. The van der Waals surface area contributed by atoms with Gasteiger partial charge in [0.15, 0.2) is 0 Å². The number of benzene rings is 3. The van der Waals surface area contributed by atoms with Gasteiger partial charge in [0, 0.05) is 29.1 Å². The van der Waals surface area contributed by atoms with Crippen LogP contribution in [0.25, 0.3) is 45.1 Å². The molecule has 2 aromatic heterocycles. The minimum absolute atomic E-state index is 0.297. The summed E-state index contributed by atoms with van der Waals surface area (Å²) in [6.45, 7) is 11.4. The fourth-order valence-electron chi connectivity index (χ4n) is 6.19. The van der Waals surface area contributed by atoms with Gasteiger partial charge in [-0.1, -0.05) is 26.8 Å². The van der Waals surface area contributed by atoms with E-state index < -0.39 is 12.0 Å². The molecule has 5 rings (SSSR count). The number of carbonyl (C=O) groups excluding carboxylic acids is 1. The van der Waals surface area contributed by atoms with Crippen molar-refractivity contribution in [3.05, 3.63) is 94.1 Å². The normalized spacial score (nSPS) is 11.7. The topological polar surface area (TPSA) is 71.8 Å². The highest BCUT2D eigenvalue weighted by atomic mass is 19.4. The number of alkyl halides is 3. The number of hydrogen-bond acceptors (Lipinski definition) is 4. The van der Waals surface area contributed by atoms with Gasteiger partial charge in [0.05, 0.1) is 6.20 Å². The molecule has 5 aromatic rings. The second-order valence-corrected chi connectivity index (χ2v) is 10.8. The van der Waals surface area contributed by atoms with Crippen LogP contribution in [-0.2, 0) is 19.3 Å². The summed E-state index contributed by atoms with van der Waals surface area (Å²) in [6, 6.07) is 9.56. The van der Waals surface area contributed by atoms with Crippen LogP contribution >= 0.6 is 0 Å². The van der Waals surface area contributed by atoms with Crippen LogP contribution in [0.5, 0.6) is 0 Å². The van der Waals surface area contributed by atoms with Gasteiger partial charge in [-0.25, -0.2) is 9.97 Å². The number of aryl methyl sites for hydroxylation is 6. The average molecular weight is 586 g/mol. The Morgan fingerprint density at radius 2 is 1.30 bits per heavy atom. The SMILES string of the molecule is CCc1cc(-c2ncco2)cc(C)c1-c1c(C)cc(CC)c(-c2c(C)cc(-c3ncc[nH]3)cc2CC)c1C(=O)C(F)(F)F. The average Bonchev–Trinajstić information content (AvgIpc) is 3.71. The van der Waals surface area contributed by atoms with E-state index >= 15 is 0 Å². The highest BCUT2D eigenvalue weighted by Crippen LogP contribution is 2.46. The Labute approximate surface area is 249 Å². The highest BCUT2D eigenvalue weighted by molar-refractivity contribution is 6.13. The summed E-state index contributed by atoms with van der Waals surface area (Å²) in [6.07, 6.45) is 2.89. The molecule has 0 atom stereocenters. The van der Waals surface area contributed by atoms with E-state index in [-0.39, 0.29) is 5.56 Å². The Bertz CT molecular complexity index is 1800. The van der Waals surface area contributed by atoms with E-state index in [2.05, 4.69) is 15.0 Å². The molecule has 0 spiro atoms. The molecule has 8 heteroatoms. The van der Waals surface area contributed by atoms with E-state index in [1.165, 1.54) is 6.26 Å². The lowest BCUT2D eigenvalue weighted by Crippen LogP contribution is -2.25. The molecule has 2 heterocycles. The van der Waals surface area contributed by atoms with Gasteiger partial charge >= 0.3 is 6.18 Å². The summed E-state index contributed by atoms with van der Waals surface area (Å²) in [7, 11) is 0. The summed E-state index contributed by atoms with van der Waals surface area (Å²) in [4.78, 5) is 25.4. The minimum atomic E-state index is -5.07. The van der Waals surface area contributed by atoms with Crippen LogP contribution < -0.4 is 0 Å². The molecule has 0 aliphatic carbocycles. The molecule has 0 bridgehead atoms. The minimum Gasteiger partial charge on any atom is -0.445 e. The number of hydrogen-bond donors (Lipinski definition) is 1. The van der Waals surface area contributed by atoms with Crippen LogP contribution in [0.3, 0.4) is 0 Å². The molecule has 3 aromatic carbocycles. The number of aromatic nitrogens is 3. The fraction of sp³-hybridized carbons (Fsp3) is 0.286. The number of H-pyrrole nitrogens is 1. The van der Waals surface area contributed by atoms with Gasteiger partial charge in [0.2, 0.25) is 5.89 Å². The van der Waals surface area contributed by atoms with Gasteiger partial charge in [-0.05, 0) is 120 Å². The largest absolute Gasteiger partial charge is 0.454 e. The molecule has 0 aliphatic rings. The quantitative estimate of drug-likeness (QED) is 0.184. The Morgan fingerprint density at radius 3 is 1.84 bits per heavy atom. The van der Waals surface area contributed by atoms with Crippen molar-refractivity contribution in [1.82, 2.24) is 15.0 Å². The lowest BCUT2D eigenvalue weighted by atomic mass is 9.77. The van der Waals surface area contributed by atoms with Crippen molar-refractivity contribution >= 4 is 5.78 Å². The molecule has 1 N–H and O–H groups in total. The first-order chi connectivity index (χ1) is 20.5. The zero-order valence-electron chi connectivity index (χ0n) is 25.2. The molecule has 0 saturated heterocycles. The maximum Gasteiger partial charge on any atom is 0.454 e. The predicted octanol–water partition coefficient (Wildman–Crippen LogP) is 9.42. The second-order valence-electron chi connectivity index (χ2n) is 10.8. The first kappa shape index (κ1) is 30.0. The number of aromatic amines is 1. The second kappa shape index (κ2) is 11.7. The zero-order valence-corrected chi connectivity index (χ0v) is 25.2. The van der Waals surface area contributed by atoms with E-state index in [9.17, 15) is 18.0 Å². The molecule has 0 unspecified atom stereocenters. The molecule has 0 amide bonds. The predicted molar refractivity (Wildman–Crippen MR) is 163 cm³/mol. The molecule has 5 nitrogen and oxygen atoms in total. The van der Waals surface area contributed by atoms with Crippen molar-refractivity contribution in [3.8, 4) is 45.1 Å². The third-order valence-electron chi connectivity index (χ3n) is 8.02. The molecule has 0 aliphatic heterocycles. The number of nitrogens with one attached hydrogen (secondary N) is 1. The van der Waals surface area contributed by atoms with Crippen LogP contribution in [0, 0.1) is 20.8 Å². The van der Waals surface area contributed by atoms with Crippen LogP contribution in [0.1, 0.15) is 64.5 Å². The monoisotopic (exact) mass is 585 g/mol. The van der Waals surface area contributed by atoms with E-state index in [0.29, 0.717) is 64.4 Å². The Kier molecular flexibility index (Phi) is 8.14. The Balaban J connectivity index is 1.91. The third kappa shape index (κ3) is 5.42. The molecule has 0 saturated carbocycles. The van der Waals surface area contributed by atoms with E-state index in [4.69, 9.17) is 4.42 Å². The Morgan fingerprint density at radius 1 is 0.744 bits per heavy atom. The number of carbonyl (C=O) groups is 1. The lowest BCUT2D eigenvalue weighted by Gasteiger charge is -2.26. The number of ketones is 1. The number of Topliss-reactive ketones (excluding diaryl/α,β-unsaturated/α-hetero) is 1. The number of rotatable bonds is 8. The Hall–Kier alpha value is -4.46. The molecular weight excluding hydrogens is 551 g/mol. The van der Waals surface area contributed by atoms with Crippen molar-refractivity contribution in [2.45, 2.75) is 67.0 Å². The zero-order chi connectivity index (χ0) is 31.1. The first-order valence-electron chi connectivity index (χ1n) is 14.4. The molecule has 222 valence electrons. The highest BCUT2D eigenvalue weighted by Gasteiger charge is 2.43. The molecule has 0 fully saturated rings. The smallest absolute Gasteiger partial charge is 0.445 e. The van der Waals surface area contributed by atoms with Crippen molar-refractivity contribution < 1.29 is 22.4 Å².